The topological polar surface area (TPSA) is 18.5 Å². The fourth-order valence-corrected chi connectivity index (χ4v) is 1.51. The first-order valence-corrected chi connectivity index (χ1v) is 5.87. The summed E-state index contributed by atoms with van der Waals surface area (Å²) < 4.78 is 10.3. The Bertz CT molecular complexity index is 223. The monoisotopic (exact) mass is 234 g/mol. The van der Waals surface area contributed by atoms with Gasteiger partial charge in [-0.1, -0.05) is 36.4 Å². The zero-order valence-electron chi connectivity index (χ0n) is 10.5. The van der Waals surface area contributed by atoms with Gasteiger partial charge in [-0.15, -0.1) is 12.8 Å². The molecule has 1 aromatic carbocycles. The Morgan fingerprint density at radius 3 is 2.00 bits per heavy atom. The minimum Gasteiger partial charge on any atom is -0.385 e. The maximum Gasteiger partial charge on any atom is 0.0597 e. The fourth-order valence-electron chi connectivity index (χ4n) is 1.51. The van der Waals surface area contributed by atoms with Crippen LogP contribution in [0, 0.1) is 12.8 Å². The molecule has 0 bridgehead atoms. The van der Waals surface area contributed by atoms with E-state index in [1.807, 2.05) is 36.4 Å². The normalized spacial score (nSPS) is 17.2. The molecular formula is C15H22O2. The van der Waals surface area contributed by atoms with E-state index in [0.717, 1.165) is 19.6 Å². The van der Waals surface area contributed by atoms with Gasteiger partial charge in [-0.2, -0.15) is 0 Å². The Morgan fingerprint density at radius 1 is 1.12 bits per heavy atom. The molecule has 94 valence electrons. The summed E-state index contributed by atoms with van der Waals surface area (Å²) in [6.45, 7) is 1.79. The molecular weight excluding hydrogens is 212 g/mol. The second kappa shape index (κ2) is 12.8. The molecule has 1 aromatic rings. The van der Waals surface area contributed by atoms with Gasteiger partial charge in [-0.25, -0.2) is 0 Å². The minimum atomic E-state index is 0.491. The fraction of sp³-hybridized carbons (Fsp3) is 0.467. The third kappa shape index (κ3) is 9.62. The summed E-state index contributed by atoms with van der Waals surface area (Å²) in [5.74, 6) is 0. The molecule has 0 aromatic heterocycles. The van der Waals surface area contributed by atoms with Gasteiger partial charge in [0.25, 0.3) is 0 Å². The van der Waals surface area contributed by atoms with Crippen LogP contribution in [-0.2, 0) is 9.47 Å². The number of hydrogen-bond acceptors (Lipinski definition) is 2. The quantitative estimate of drug-likeness (QED) is 0.748. The number of ether oxygens (including phenoxy) is 2. The Balaban J connectivity index is 0.000000278. The first kappa shape index (κ1) is 15.7. The van der Waals surface area contributed by atoms with E-state index in [4.69, 9.17) is 9.47 Å². The van der Waals surface area contributed by atoms with Gasteiger partial charge in [-0.05, 0) is 19.3 Å². The van der Waals surface area contributed by atoms with E-state index < -0.39 is 0 Å². The number of methoxy groups -OCH3 is 1. The van der Waals surface area contributed by atoms with E-state index in [0.29, 0.717) is 6.10 Å². The summed E-state index contributed by atoms with van der Waals surface area (Å²) in [7, 11) is 1.73. The summed E-state index contributed by atoms with van der Waals surface area (Å²) in [4.78, 5) is 0. The standard InChI is InChI=1S/C7H14O2.C6H6.C2H2/c1-8-6-4-7-3-2-5-9-7;1-2-4-6-5-3-1;1-2/h7H,2-6H2,1H3;1-6H;1-2H. The van der Waals surface area contributed by atoms with Gasteiger partial charge in [0.15, 0.2) is 0 Å². The molecule has 1 saturated heterocycles. The molecule has 2 heteroatoms. The van der Waals surface area contributed by atoms with Crippen LogP contribution in [0.25, 0.3) is 0 Å². The van der Waals surface area contributed by atoms with Crippen LogP contribution in [0.5, 0.6) is 0 Å². The summed E-state index contributed by atoms with van der Waals surface area (Å²) in [5, 5.41) is 0. The van der Waals surface area contributed by atoms with Crippen LogP contribution in [0.1, 0.15) is 19.3 Å². The molecule has 0 saturated carbocycles. The van der Waals surface area contributed by atoms with Crippen molar-refractivity contribution in [1.29, 1.82) is 0 Å². The molecule has 0 spiro atoms. The predicted octanol–water partition coefficient (Wildman–Crippen LogP) is 3.14. The largest absolute Gasteiger partial charge is 0.385 e. The SMILES string of the molecule is C#C.COCCC1CCCO1.c1ccccc1. The molecule has 17 heavy (non-hydrogen) atoms. The second-order valence-corrected chi connectivity index (χ2v) is 3.57. The lowest BCUT2D eigenvalue weighted by Crippen LogP contribution is -2.07. The highest BCUT2D eigenvalue weighted by Crippen LogP contribution is 2.14. The number of rotatable bonds is 3. The highest BCUT2D eigenvalue weighted by atomic mass is 16.5. The van der Waals surface area contributed by atoms with Crippen LogP contribution in [0.4, 0.5) is 0 Å². The van der Waals surface area contributed by atoms with Gasteiger partial charge in [0, 0.05) is 20.3 Å². The van der Waals surface area contributed by atoms with Crippen molar-refractivity contribution >= 4 is 0 Å². The van der Waals surface area contributed by atoms with E-state index in [1.54, 1.807) is 7.11 Å². The van der Waals surface area contributed by atoms with Crippen molar-refractivity contribution in [3.8, 4) is 12.8 Å². The summed E-state index contributed by atoms with van der Waals surface area (Å²) >= 11 is 0. The summed E-state index contributed by atoms with van der Waals surface area (Å²) in [5.41, 5.74) is 0. The number of benzene rings is 1. The van der Waals surface area contributed by atoms with Crippen LogP contribution in [-0.4, -0.2) is 26.4 Å². The van der Waals surface area contributed by atoms with Crippen molar-refractivity contribution in [1.82, 2.24) is 0 Å². The van der Waals surface area contributed by atoms with Crippen LogP contribution in [0.3, 0.4) is 0 Å². The molecule has 1 aliphatic heterocycles. The van der Waals surface area contributed by atoms with Crippen LogP contribution in [0.15, 0.2) is 36.4 Å². The van der Waals surface area contributed by atoms with Crippen molar-refractivity contribution in [2.75, 3.05) is 20.3 Å². The Hall–Kier alpha value is -1.30. The molecule has 1 fully saturated rings. The molecule has 0 radical (unpaired) electrons. The number of terminal acetylenes is 1. The zero-order chi connectivity index (χ0) is 12.8. The molecule has 0 amide bonds. The van der Waals surface area contributed by atoms with Gasteiger partial charge >= 0.3 is 0 Å². The molecule has 2 nitrogen and oxygen atoms in total. The average Bonchev–Trinajstić information content (AvgIpc) is 2.95. The average molecular weight is 234 g/mol. The van der Waals surface area contributed by atoms with Crippen molar-refractivity contribution in [3.05, 3.63) is 36.4 Å². The lowest BCUT2D eigenvalue weighted by Gasteiger charge is -2.06. The molecule has 2 rings (SSSR count). The van der Waals surface area contributed by atoms with Crippen LogP contribution in [0.2, 0.25) is 0 Å². The minimum absolute atomic E-state index is 0.491. The van der Waals surface area contributed by atoms with Crippen LogP contribution >= 0.6 is 0 Å². The second-order valence-electron chi connectivity index (χ2n) is 3.57. The van der Waals surface area contributed by atoms with E-state index in [-0.39, 0.29) is 0 Å². The van der Waals surface area contributed by atoms with Crippen molar-refractivity contribution in [2.45, 2.75) is 25.4 Å². The Labute approximate surface area is 105 Å². The van der Waals surface area contributed by atoms with Crippen molar-refractivity contribution in [3.63, 3.8) is 0 Å². The lowest BCUT2D eigenvalue weighted by atomic mass is 10.2. The van der Waals surface area contributed by atoms with Gasteiger partial charge in [0.2, 0.25) is 0 Å². The van der Waals surface area contributed by atoms with Gasteiger partial charge in [-0.3, -0.25) is 0 Å². The van der Waals surface area contributed by atoms with Crippen LogP contribution < -0.4 is 0 Å². The third-order valence-electron chi connectivity index (χ3n) is 2.33. The first-order chi connectivity index (χ1) is 8.43. The highest BCUT2D eigenvalue weighted by Gasteiger charge is 2.13. The highest BCUT2D eigenvalue weighted by molar-refractivity contribution is 4.99. The van der Waals surface area contributed by atoms with Gasteiger partial charge in [0.05, 0.1) is 6.10 Å². The number of hydrogen-bond donors (Lipinski definition) is 0. The first-order valence-electron chi connectivity index (χ1n) is 5.87. The lowest BCUT2D eigenvalue weighted by molar-refractivity contribution is 0.0752. The Kier molecular flexibility index (Phi) is 11.8. The van der Waals surface area contributed by atoms with E-state index in [2.05, 4.69) is 12.8 Å². The van der Waals surface area contributed by atoms with E-state index >= 15 is 0 Å². The maximum absolute atomic E-state index is 5.38. The molecule has 1 heterocycles. The zero-order valence-corrected chi connectivity index (χ0v) is 10.5. The molecule has 1 unspecified atom stereocenters. The summed E-state index contributed by atoms with van der Waals surface area (Å²) in [6, 6.07) is 12.0. The maximum atomic E-state index is 5.38. The van der Waals surface area contributed by atoms with E-state index in [1.165, 1.54) is 12.8 Å². The predicted molar refractivity (Wildman–Crippen MR) is 71.8 cm³/mol. The van der Waals surface area contributed by atoms with Gasteiger partial charge in [0.1, 0.15) is 0 Å². The summed E-state index contributed by atoms with van der Waals surface area (Å²) in [6.07, 6.45) is 12.0. The Morgan fingerprint density at radius 2 is 1.65 bits per heavy atom. The molecule has 1 aliphatic rings. The third-order valence-corrected chi connectivity index (χ3v) is 2.33. The van der Waals surface area contributed by atoms with Gasteiger partial charge < -0.3 is 9.47 Å². The molecule has 0 aliphatic carbocycles. The smallest absolute Gasteiger partial charge is 0.0597 e. The molecule has 0 N–H and O–H groups in total. The van der Waals surface area contributed by atoms with E-state index in [9.17, 15) is 0 Å². The van der Waals surface area contributed by atoms with Crippen molar-refractivity contribution in [2.24, 2.45) is 0 Å². The molecule has 1 atom stereocenters. The van der Waals surface area contributed by atoms with Crippen molar-refractivity contribution < 1.29 is 9.47 Å².